The van der Waals surface area contributed by atoms with Crippen molar-refractivity contribution in [1.29, 1.82) is 0 Å². The van der Waals surface area contributed by atoms with Crippen LogP contribution in [0.15, 0.2) is 47.6 Å². The maximum atomic E-state index is 12.1. The van der Waals surface area contributed by atoms with Gasteiger partial charge in [-0.25, -0.2) is 15.5 Å². The van der Waals surface area contributed by atoms with Crippen molar-refractivity contribution in [1.82, 2.24) is 10.5 Å². The fourth-order valence-corrected chi connectivity index (χ4v) is 2.79. The summed E-state index contributed by atoms with van der Waals surface area (Å²) >= 11 is 0. The fraction of sp³-hybridized carbons (Fsp3) is 0.421. The molecule has 8 nitrogen and oxygen atoms in total. The lowest BCUT2D eigenvalue weighted by molar-refractivity contribution is -0.112. The molecule has 0 spiro atoms. The zero-order valence-corrected chi connectivity index (χ0v) is 15.8. The van der Waals surface area contributed by atoms with Crippen LogP contribution in [0.2, 0.25) is 0 Å². The highest BCUT2D eigenvalue weighted by molar-refractivity contribution is 6.05. The molecule has 6 N–H and O–H groups in total. The number of hydrogen-bond acceptors (Lipinski definition) is 5. The molecule has 27 heavy (non-hydrogen) atoms. The molecule has 0 aromatic carbocycles. The van der Waals surface area contributed by atoms with Crippen molar-refractivity contribution < 1.29 is 10.0 Å². The highest BCUT2D eigenvalue weighted by Gasteiger charge is 2.24. The van der Waals surface area contributed by atoms with E-state index >= 15 is 0 Å². The Balaban J connectivity index is 1.85. The molecule has 1 fully saturated rings. The van der Waals surface area contributed by atoms with Gasteiger partial charge in [-0.15, -0.1) is 0 Å². The first-order valence-electron chi connectivity index (χ1n) is 9.01. The quantitative estimate of drug-likeness (QED) is 0.165. The number of pyridine rings is 1. The number of rotatable bonds is 7. The minimum atomic E-state index is -0.249. The maximum absolute atomic E-state index is 12.1. The van der Waals surface area contributed by atoms with Gasteiger partial charge in [0.2, 0.25) is 5.96 Å². The van der Waals surface area contributed by atoms with Gasteiger partial charge in [0.15, 0.2) is 0 Å². The number of guanidine groups is 1. The predicted octanol–water partition coefficient (Wildman–Crippen LogP) is 2.42. The summed E-state index contributed by atoms with van der Waals surface area (Å²) in [7, 11) is 0. The number of carbonyl (C=O) groups excluding carboxylic acids is 1. The van der Waals surface area contributed by atoms with Crippen LogP contribution in [0.4, 0.5) is 11.5 Å². The number of aliphatic imine (C=N–C) groups is 1. The first kappa shape index (κ1) is 20.4. The highest BCUT2D eigenvalue weighted by Crippen LogP contribution is 2.25. The molecule has 2 atom stereocenters. The van der Waals surface area contributed by atoms with Gasteiger partial charge in [-0.2, -0.15) is 0 Å². The first-order valence-corrected chi connectivity index (χ1v) is 9.01. The number of anilines is 2. The highest BCUT2D eigenvalue weighted by atomic mass is 16.5. The largest absolute Gasteiger partial charge is 0.368 e. The van der Waals surface area contributed by atoms with E-state index < -0.39 is 0 Å². The number of nitrogens with zero attached hydrogens (tertiary/aromatic N) is 2. The van der Waals surface area contributed by atoms with Gasteiger partial charge in [0.1, 0.15) is 5.82 Å². The Morgan fingerprint density at radius 2 is 2.22 bits per heavy atom. The summed E-state index contributed by atoms with van der Waals surface area (Å²) in [6.07, 6.45) is 7.90. The number of hydroxylamine groups is 1. The van der Waals surface area contributed by atoms with Gasteiger partial charge >= 0.3 is 0 Å². The summed E-state index contributed by atoms with van der Waals surface area (Å²) in [6, 6.07) is 3.93. The van der Waals surface area contributed by atoms with E-state index in [1.165, 1.54) is 0 Å². The molecule has 1 aliphatic rings. The van der Waals surface area contributed by atoms with Crippen LogP contribution in [0.25, 0.3) is 0 Å². The molecular formula is C19H28N6O2. The number of amides is 1. The average molecular weight is 372 g/mol. The standard InChI is InChI=1S/C19H28N6O2/c1-12(2)4-5-13(3)18(26)23-16-8-9-17(21-11-16)22-14-6-7-15(10-14)24-19(20)25-27/h4-5,8-9,11-12,14-15,27H,3,6-7,10H2,1-2H3,(H,21,22)(H,23,26)(H3,20,24,25)/b5-4-/t14-,15-/m0/s1. The fourth-order valence-electron chi connectivity index (χ4n) is 2.79. The van der Waals surface area contributed by atoms with Crippen LogP contribution in [0.3, 0.4) is 0 Å². The van der Waals surface area contributed by atoms with Crippen LogP contribution in [-0.4, -0.2) is 34.1 Å². The van der Waals surface area contributed by atoms with Crippen LogP contribution in [0, 0.1) is 5.92 Å². The van der Waals surface area contributed by atoms with E-state index in [0.717, 1.165) is 25.1 Å². The molecule has 0 bridgehead atoms. The molecular weight excluding hydrogens is 344 g/mol. The minimum absolute atomic E-state index is 0.0312. The van der Waals surface area contributed by atoms with E-state index in [4.69, 9.17) is 10.9 Å². The summed E-state index contributed by atoms with van der Waals surface area (Å²) in [5.74, 6) is 0.873. The normalized spacial score (nSPS) is 20.1. The molecule has 1 saturated carbocycles. The summed E-state index contributed by atoms with van der Waals surface area (Å²) in [4.78, 5) is 20.6. The van der Waals surface area contributed by atoms with E-state index in [1.54, 1.807) is 18.3 Å². The Kier molecular flexibility index (Phi) is 7.36. The van der Waals surface area contributed by atoms with E-state index in [-0.39, 0.29) is 24.0 Å². The summed E-state index contributed by atoms with van der Waals surface area (Å²) in [5, 5.41) is 14.8. The Morgan fingerprint density at radius 3 is 2.85 bits per heavy atom. The molecule has 1 aliphatic carbocycles. The van der Waals surface area contributed by atoms with Gasteiger partial charge in [0, 0.05) is 11.6 Å². The number of nitrogens with two attached hydrogens (primary N) is 1. The SMILES string of the molecule is C=C(/C=C\C(C)C)C(=O)Nc1ccc(N[C@H]2CC[C@H](N=C(N)NO)C2)nc1. The van der Waals surface area contributed by atoms with E-state index in [1.807, 2.05) is 31.5 Å². The maximum Gasteiger partial charge on any atom is 0.255 e. The zero-order chi connectivity index (χ0) is 19.8. The number of allylic oxidation sites excluding steroid dienone is 1. The van der Waals surface area contributed by atoms with Crippen molar-refractivity contribution in [2.75, 3.05) is 10.6 Å². The molecule has 8 heteroatoms. The number of hydrogen-bond donors (Lipinski definition) is 5. The van der Waals surface area contributed by atoms with Crippen LogP contribution in [-0.2, 0) is 4.79 Å². The van der Waals surface area contributed by atoms with Gasteiger partial charge in [-0.1, -0.05) is 32.6 Å². The second-order valence-corrected chi connectivity index (χ2v) is 6.95. The van der Waals surface area contributed by atoms with Crippen molar-refractivity contribution in [3.05, 3.63) is 42.6 Å². The molecule has 0 unspecified atom stereocenters. The number of aromatic nitrogens is 1. The molecule has 0 radical (unpaired) electrons. The molecule has 2 rings (SSSR count). The summed E-state index contributed by atoms with van der Waals surface area (Å²) in [5.41, 5.74) is 8.34. The third-order valence-electron chi connectivity index (χ3n) is 4.19. The third-order valence-corrected chi connectivity index (χ3v) is 4.19. The number of carbonyl (C=O) groups is 1. The second kappa shape index (κ2) is 9.72. The summed E-state index contributed by atoms with van der Waals surface area (Å²) in [6.45, 7) is 7.84. The molecule has 1 heterocycles. The van der Waals surface area contributed by atoms with E-state index in [2.05, 4.69) is 27.2 Å². The Morgan fingerprint density at radius 1 is 1.44 bits per heavy atom. The molecule has 0 saturated heterocycles. The van der Waals surface area contributed by atoms with Gasteiger partial charge in [-0.3, -0.25) is 10.0 Å². The van der Waals surface area contributed by atoms with Crippen LogP contribution in [0.1, 0.15) is 33.1 Å². The lowest BCUT2D eigenvalue weighted by Gasteiger charge is -2.13. The molecule has 1 aromatic heterocycles. The lowest BCUT2D eigenvalue weighted by atomic mass is 10.1. The van der Waals surface area contributed by atoms with Crippen LogP contribution < -0.4 is 21.8 Å². The van der Waals surface area contributed by atoms with Gasteiger partial charge in [0.25, 0.3) is 5.91 Å². The molecule has 1 amide bonds. The second-order valence-electron chi connectivity index (χ2n) is 6.95. The first-order chi connectivity index (χ1) is 12.9. The van der Waals surface area contributed by atoms with Crippen molar-refractivity contribution in [3.8, 4) is 0 Å². The molecule has 1 aromatic rings. The Hall–Kier alpha value is -2.87. The van der Waals surface area contributed by atoms with Gasteiger partial charge in [-0.05, 0) is 37.3 Å². The Bertz CT molecular complexity index is 711. The van der Waals surface area contributed by atoms with Gasteiger partial charge < -0.3 is 16.4 Å². The van der Waals surface area contributed by atoms with Crippen molar-refractivity contribution >= 4 is 23.4 Å². The zero-order valence-electron chi connectivity index (χ0n) is 15.8. The minimum Gasteiger partial charge on any atom is -0.368 e. The molecule has 0 aliphatic heterocycles. The topological polar surface area (TPSA) is 125 Å². The monoisotopic (exact) mass is 372 g/mol. The van der Waals surface area contributed by atoms with Crippen LogP contribution in [0.5, 0.6) is 0 Å². The van der Waals surface area contributed by atoms with E-state index in [0.29, 0.717) is 17.2 Å². The summed E-state index contributed by atoms with van der Waals surface area (Å²) < 4.78 is 0. The average Bonchev–Trinajstić information content (AvgIpc) is 3.07. The van der Waals surface area contributed by atoms with Crippen molar-refractivity contribution in [2.24, 2.45) is 16.6 Å². The van der Waals surface area contributed by atoms with Crippen LogP contribution >= 0.6 is 0 Å². The lowest BCUT2D eigenvalue weighted by Crippen LogP contribution is -2.30. The Labute approximate surface area is 159 Å². The predicted molar refractivity (Wildman–Crippen MR) is 108 cm³/mol. The van der Waals surface area contributed by atoms with Gasteiger partial charge in [0.05, 0.1) is 17.9 Å². The van der Waals surface area contributed by atoms with Crippen molar-refractivity contribution in [2.45, 2.75) is 45.2 Å². The number of nitrogens with one attached hydrogen (secondary N) is 3. The third kappa shape index (κ3) is 6.74. The van der Waals surface area contributed by atoms with Crippen molar-refractivity contribution in [3.63, 3.8) is 0 Å². The molecule has 146 valence electrons. The smallest absolute Gasteiger partial charge is 0.255 e. The van der Waals surface area contributed by atoms with E-state index in [9.17, 15) is 4.79 Å².